The number of hydrogen-bond acceptors (Lipinski definition) is 7. The maximum atomic E-state index is 13.8. The number of carbonyl (C=O) groups excluding carboxylic acids is 3. The Balaban J connectivity index is 1.33. The second-order valence-corrected chi connectivity index (χ2v) is 10.1. The highest BCUT2D eigenvalue weighted by atomic mass is 16.5. The summed E-state index contributed by atoms with van der Waals surface area (Å²) in [5.41, 5.74) is -0.00430. The van der Waals surface area contributed by atoms with Gasteiger partial charge in [0.15, 0.2) is 11.5 Å². The van der Waals surface area contributed by atoms with E-state index in [1.54, 1.807) is 59.4 Å². The van der Waals surface area contributed by atoms with Crippen molar-refractivity contribution in [3.8, 4) is 11.5 Å². The fourth-order valence-electron chi connectivity index (χ4n) is 5.64. The van der Waals surface area contributed by atoms with E-state index in [9.17, 15) is 14.4 Å². The van der Waals surface area contributed by atoms with Crippen molar-refractivity contribution >= 4 is 17.7 Å². The van der Waals surface area contributed by atoms with Crippen molar-refractivity contribution < 1.29 is 33.3 Å². The highest BCUT2D eigenvalue weighted by Gasteiger charge is 2.54. The van der Waals surface area contributed by atoms with Crippen molar-refractivity contribution in [3.05, 3.63) is 59.7 Å². The van der Waals surface area contributed by atoms with E-state index in [4.69, 9.17) is 18.9 Å². The predicted molar refractivity (Wildman–Crippen MR) is 142 cm³/mol. The van der Waals surface area contributed by atoms with E-state index in [0.717, 1.165) is 12.8 Å². The highest BCUT2D eigenvalue weighted by Crippen LogP contribution is 2.39. The molecule has 0 aromatic heterocycles. The van der Waals surface area contributed by atoms with Gasteiger partial charge in [-0.05, 0) is 43.2 Å². The lowest BCUT2D eigenvalue weighted by Gasteiger charge is -2.44. The Labute approximate surface area is 228 Å². The van der Waals surface area contributed by atoms with Crippen LogP contribution in [0.15, 0.2) is 48.5 Å². The SMILES string of the molecule is COc1ccc(C(=O)N2CCC3(CC2)OC[C@@H](C(=O)NC[C@H]2CCCO2)N3C(=O)c2ccccc2)cc1OC. The smallest absolute Gasteiger partial charge is 0.256 e. The first kappa shape index (κ1) is 27.0. The number of amides is 3. The first-order chi connectivity index (χ1) is 19.0. The summed E-state index contributed by atoms with van der Waals surface area (Å²) < 4.78 is 22.6. The Morgan fingerprint density at radius 3 is 2.38 bits per heavy atom. The number of ether oxygens (including phenoxy) is 4. The first-order valence-electron chi connectivity index (χ1n) is 13.4. The molecule has 3 heterocycles. The molecule has 0 unspecified atom stereocenters. The van der Waals surface area contributed by atoms with Gasteiger partial charge in [-0.15, -0.1) is 0 Å². The molecule has 3 amide bonds. The van der Waals surface area contributed by atoms with E-state index in [1.165, 1.54) is 7.11 Å². The quantitative estimate of drug-likeness (QED) is 0.578. The summed E-state index contributed by atoms with van der Waals surface area (Å²) in [4.78, 5) is 43.8. The summed E-state index contributed by atoms with van der Waals surface area (Å²) in [6, 6.07) is 13.2. The van der Waals surface area contributed by atoms with Crippen LogP contribution in [0, 0.1) is 0 Å². The molecule has 3 aliphatic rings. The zero-order chi connectivity index (χ0) is 27.4. The molecule has 10 heteroatoms. The summed E-state index contributed by atoms with van der Waals surface area (Å²) in [6.07, 6.45) is 2.66. The lowest BCUT2D eigenvalue weighted by molar-refractivity contribution is -0.128. The van der Waals surface area contributed by atoms with Gasteiger partial charge >= 0.3 is 0 Å². The van der Waals surface area contributed by atoms with Crippen LogP contribution >= 0.6 is 0 Å². The molecule has 0 bridgehead atoms. The van der Waals surface area contributed by atoms with Gasteiger partial charge in [0.2, 0.25) is 5.91 Å². The fourth-order valence-corrected chi connectivity index (χ4v) is 5.64. The minimum Gasteiger partial charge on any atom is -0.493 e. The van der Waals surface area contributed by atoms with Crippen LogP contribution in [0.1, 0.15) is 46.4 Å². The minimum atomic E-state index is -0.979. The molecule has 10 nitrogen and oxygen atoms in total. The normalized spacial score (nSPS) is 22.1. The molecule has 2 aromatic carbocycles. The number of hydrogen-bond donors (Lipinski definition) is 1. The maximum absolute atomic E-state index is 13.8. The van der Waals surface area contributed by atoms with Gasteiger partial charge in [0.05, 0.1) is 26.9 Å². The molecule has 0 saturated carbocycles. The van der Waals surface area contributed by atoms with Crippen LogP contribution in [-0.4, -0.2) is 92.5 Å². The monoisotopic (exact) mass is 537 g/mol. The Hall–Kier alpha value is -3.63. The van der Waals surface area contributed by atoms with Gasteiger partial charge in [-0.3, -0.25) is 19.3 Å². The van der Waals surface area contributed by atoms with Crippen LogP contribution < -0.4 is 14.8 Å². The van der Waals surface area contributed by atoms with Gasteiger partial charge in [-0.1, -0.05) is 18.2 Å². The van der Waals surface area contributed by atoms with Gasteiger partial charge in [-0.25, -0.2) is 0 Å². The number of benzene rings is 2. The van der Waals surface area contributed by atoms with Gasteiger partial charge < -0.3 is 29.2 Å². The lowest BCUT2D eigenvalue weighted by atomic mass is 9.96. The number of methoxy groups -OCH3 is 2. The largest absolute Gasteiger partial charge is 0.493 e. The molecular weight excluding hydrogens is 502 g/mol. The van der Waals surface area contributed by atoms with E-state index >= 15 is 0 Å². The minimum absolute atomic E-state index is 0.00524. The fraction of sp³-hybridized carbons (Fsp3) is 0.483. The molecule has 3 aliphatic heterocycles. The van der Waals surface area contributed by atoms with Crippen molar-refractivity contribution in [1.29, 1.82) is 0 Å². The molecule has 2 atom stereocenters. The van der Waals surface area contributed by atoms with Crippen LogP contribution in [-0.2, 0) is 14.3 Å². The summed E-state index contributed by atoms with van der Waals surface area (Å²) in [6.45, 7) is 1.95. The average molecular weight is 538 g/mol. The Bertz CT molecular complexity index is 1190. The van der Waals surface area contributed by atoms with Gasteiger partial charge in [0.1, 0.15) is 11.8 Å². The third-order valence-corrected chi connectivity index (χ3v) is 7.79. The average Bonchev–Trinajstić information content (AvgIpc) is 3.64. The number of nitrogens with one attached hydrogen (secondary N) is 1. The van der Waals surface area contributed by atoms with Crippen molar-refractivity contribution in [2.45, 2.75) is 43.6 Å². The Kier molecular flexibility index (Phi) is 8.04. The highest BCUT2D eigenvalue weighted by molar-refractivity contribution is 5.98. The van der Waals surface area contributed by atoms with Crippen LogP contribution in [0.25, 0.3) is 0 Å². The molecule has 1 N–H and O–H groups in total. The predicted octanol–water partition coefficient (Wildman–Crippen LogP) is 2.47. The lowest BCUT2D eigenvalue weighted by Crippen LogP contribution is -2.60. The molecule has 0 aliphatic carbocycles. The van der Waals surface area contributed by atoms with Crippen LogP contribution in [0.4, 0.5) is 0 Å². The van der Waals surface area contributed by atoms with Crippen LogP contribution in [0.5, 0.6) is 11.5 Å². The Morgan fingerprint density at radius 1 is 0.974 bits per heavy atom. The molecule has 2 aromatic rings. The van der Waals surface area contributed by atoms with Crippen LogP contribution in [0.2, 0.25) is 0 Å². The van der Waals surface area contributed by atoms with Crippen molar-refractivity contribution in [2.24, 2.45) is 0 Å². The number of likely N-dealkylation sites (tertiary alicyclic amines) is 1. The second kappa shape index (κ2) is 11.6. The molecule has 1 spiro atoms. The molecule has 3 fully saturated rings. The van der Waals surface area contributed by atoms with Crippen LogP contribution in [0.3, 0.4) is 0 Å². The van der Waals surface area contributed by atoms with Crippen molar-refractivity contribution in [3.63, 3.8) is 0 Å². The van der Waals surface area contributed by atoms with Gasteiger partial charge in [0, 0.05) is 50.2 Å². The van der Waals surface area contributed by atoms with E-state index in [2.05, 4.69) is 5.32 Å². The third-order valence-electron chi connectivity index (χ3n) is 7.79. The summed E-state index contributed by atoms with van der Waals surface area (Å²) in [7, 11) is 3.07. The van der Waals surface area contributed by atoms with E-state index in [-0.39, 0.29) is 30.4 Å². The molecule has 39 heavy (non-hydrogen) atoms. The molecule has 5 rings (SSSR count). The van der Waals surface area contributed by atoms with Gasteiger partial charge in [0.25, 0.3) is 11.8 Å². The van der Waals surface area contributed by atoms with E-state index in [1.807, 2.05) is 6.07 Å². The maximum Gasteiger partial charge on any atom is 0.256 e. The molecule has 0 radical (unpaired) electrons. The summed E-state index contributed by atoms with van der Waals surface area (Å²) in [5, 5.41) is 2.97. The van der Waals surface area contributed by atoms with E-state index in [0.29, 0.717) is 61.7 Å². The number of nitrogens with zero attached hydrogens (tertiary/aromatic N) is 2. The summed E-state index contributed by atoms with van der Waals surface area (Å²) >= 11 is 0. The zero-order valence-electron chi connectivity index (χ0n) is 22.4. The summed E-state index contributed by atoms with van der Waals surface area (Å²) in [5.74, 6) is 0.369. The Morgan fingerprint density at radius 2 is 1.72 bits per heavy atom. The zero-order valence-corrected chi connectivity index (χ0v) is 22.4. The van der Waals surface area contributed by atoms with E-state index < -0.39 is 11.8 Å². The van der Waals surface area contributed by atoms with Gasteiger partial charge in [-0.2, -0.15) is 0 Å². The second-order valence-electron chi connectivity index (χ2n) is 10.1. The first-order valence-corrected chi connectivity index (χ1v) is 13.4. The van der Waals surface area contributed by atoms with Crippen molar-refractivity contribution in [1.82, 2.24) is 15.1 Å². The standard InChI is InChI=1S/C29H35N3O7/c1-36-24-11-10-21(17-25(24)37-2)27(34)31-14-12-29(13-15-31)32(28(35)20-7-4-3-5-8-20)23(19-39-29)26(33)30-18-22-9-6-16-38-22/h3-5,7-8,10-11,17,22-23H,6,9,12-16,18-19H2,1-2H3,(H,30,33)/t22-,23+/m1/s1. The molecular formula is C29H35N3O7. The van der Waals surface area contributed by atoms with Crippen molar-refractivity contribution in [2.75, 3.05) is 47.1 Å². The topological polar surface area (TPSA) is 107 Å². The number of piperidine rings is 1. The number of carbonyl (C=O) groups is 3. The third kappa shape index (κ3) is 5.44. The molecule has 3 saturated heterocycles. The molecule has 208 valence electrons. The number of rotatable bonds is 7.